The molecule has 3 rings (SSSR count). The zero-order chi connectivity index (χ0) is 17.6. The van der Waals surface area contributed by atoms with Gasteiger partial charge in [-0.25, -0.2) is 4.68 Å². The van der Waals surface area contributed by atoms with E-state index in [2.05, 4.69) is 26.3 Å². The summed E-state index contributed by atoms with van der Waals surface area (Å²) >= 11 is 3.37. The van der Waals surface area contributed by atoms with Crippen LogP contribution in [0.1, 0.15) is 10.4 Å². The van der Waals surface area contributed by atoms with E-state index in [-0.39, 0.29) is 12.6 Å². The molecule has 0 radical (unpaired) electrons. The van der Waals surface area contributed by atoms with Crippen molar-refractivity contribution in [2.24, 2.45) is 0 Å². The Morgan fingerprint density at radius 1 is 1.12 bits per heavy atom. The Bertz CT molecular complexity index is 845. The van der Waals surface area contributed by atoms with E-state index in [0.29, 0.717) is 17.0 Å². The van der Waals surface area contributed by atoms with Crippen LogP contribution in [0.5, 0.6) is 11.5 Å². The van der Waals surface area contributed by atoms with E-state index < -0.39 is 0 Å². The Morgan fingerprint density at radius 3 is 2.48 bits per heavy atom. The Hall–Kier alpha value is -2.80. The molecule has 2 aromatic carbocycles. The predicted molar refractivity (Wildman–Crippen MR) is 97.9 cm³/mol. The zero-order valence-electron chi connectivity index (χ0n) is 13.5. The van der Waals surface area contributed by atoms with Gasteiger partial charge in [-0.15, -0.1) is 0 Å². The topological polar surface area (TPSA) is 65.4 Å². The van der Waals surface area contributed by atoms with Crippen LogP contribution in [0.15, 0.2) is 65.4 Å². The quantitative estimate of drug-likeness (QED) is 0.679. The van der Waals surface area contributed by atoms with Crippen LogP contribution in [0.2, 0.25) is 0 Å². The molecule has 0 aliphatic heterocycles. The summed E-state index contributed by atoms with van der Waals surface area (Å²) < 4.78 is 13.3. The molecule has 1 amide bonds. The van der Waals surface area contributed by atoms with Gasteiger partial charge in [0.1, 0.15) is 11.5 Å². The third-order valence-electron chi connectivity index (χ3n) is 3.42. The lowest BCUT2D eigenvalue weighted by Crippen LogP contribution is -2.11. The van der Waals surface area contributed by atoms with Crippen molar-refractivity contribution < 1.29 is 14.3 Å². The number of nitrogens with zero attached hydrogens (tertiary/aromatic N) is 2. The number of carbonyl (C=O) groups is 1. The highest BCUT2D eigenvalue weighted by atomic mass is 79.9. The van der Waals surface area contributed by atoms with E-state index >= 15 is 0 Å². The first-order valence-corrected chi connectivity index (χ1v) is 8.29. The Balaban J connectivity index is 1.57. The van der Waals surface area contributed by atoms with Crippen LogP contribution in [0.4, 0.5) is 5.69 Å². The normalized spacial score (nSPS) is 10.3. The van der Waals surface area contributed by atoms with Crippen molar-refractivity contribution in [2.75, 3.05) is 12.4 Å². The molecule has 7 heteroatoms. The number of methoxy groups -OCH3 is 1. The molecule has 0 atom stereocenters. The van der Waals surface area contributed by atoms with Gasteiger partial charge in [-0.05, 0) is 48.5 Å². The molecule has 0 aliphatic rings. The van der Waals surface area contributed by atoms with E-state index in [1.54, 1.807) is 48.5 Å². The predicted octanol–water partition coefficient (Wildman–Crippen LogP) is 3.94. The molecule has 0 bridgehead atoms. The van der Waals surface area contributed by atoms with Gasteiger partial charge in [0.15, 0.2) is 6.73 Å². The smallest absolute Gasteiger partial charge is 0.255 e. The molecule has 1 aromatic heterocycles. The molecule has 25 heavy (non-hydrogen) atoms. The van der Waals surface area contributed by atoms with E-state index in [1.165, 1.54) is 0 Å². The van der Waals surface area contributed by atoms with Crippen LogP contribution in [0, 0.1) is 0 Å². The molecule has 0 saturated carbocycles. The maximum Gasteiger partial charge on any atom is 0.255 e. The van der Waals surface area contributed by atoms with Crippen LogP contribution in [-0.4, -0.2) is 22.8 Å². The van der Waals surface area contributed by atoms with Gasteiger partial charge >= 0.3 is 0 Å². The van der Waals surface area contributed by atoms with E-state index in [4.69, 9.17) is 9.47 Å². The molecule has 0 saturated heterocycles. The molecule has 6 nitrogen and oxygen atoms in total. The van der Waals surface area contributed by atoms with Crippen LogP contribution in [0.3, 0.4) is 0 Å². The summed E-state index contributed by atoms with van der Waals surface area (Å²) in [6.45, 7) is 0.250. The summed E-state index contributed by atoms with van der Waals surface area (Å²) in [6.07, 6.45) is 3.28. The van der Waals surface area contributed by atoms with Gasteiger partial charge in [-0.2, -0.15) is 5.10 Å². The zero-order valence-corrected chi connectivity index (χ0v) is 15.1. The van der Waals surface area contributed by atoms with Gasteiger partial charge in [0.25, 0.3) is 5.91 Å². The van der Waals surface area contributed by atoms with Crippen LogP contribution in [-0.2, 0) is 6.73 Å². The van der Waals surface area contributed by atoms with E-state index in [0.717, 1.165) is 10.2 Å². The summed E-state index contributed by atoms with van der Waals surface area (Å²) in [5.41, 5.74) is 1.14. The van der Waals surface area contributed by atoms with Crippen molar-refractivity contribution in [1.29, 1.82) is 0 Å². The van der Waals surface area contributed by atoms with Gasteiger partial charge in [-0.1, -0.05) is 15.9 Å². The average molecular weight is 402 g/mol. The fourth-order valence-corrected chi connectivity index (χ4v) is 2.38. The van der Waals surface area contributed by atoms with Gasteiger partial charge in [0.2, 0.25) is 0 Å². The SMILES string of the molecule is COc1ccc(C(=O)Nc2cnn(COc3ccc(Br)cc3)c2)cc1. The lowest BCUT2D eigenvalue weighted by atomic mass is 10.2. The second-order valence-corrected chi connectivity index (χ2v) is 6.09. The number of ether oxygens (including phenoxy) is 2. The van der Waals surface area contributed by atoms with Gasteiger partial charge < -0.3 is 14.8 Å². The lowest BCUT2D eigenvalue weighted by Gasteiger charge is -2.06. The van der Waals surface area contributed by atoms with Crippen molar-refractivity contribution in [3.05, 3.63) is 71.0 Å². The fraction of sp³-hybridized carbons (Fsp3) is 0.111. The second kappa shape index (κ2) is 7.85. The van der Waals surface area contributed by atoms with Gasteiger partial charge in [0, 0.05) is 10.0 Å². The number of aromatic nitrogens is 2. The molecule has 0 unspecified atom stereocenters. The van der Waals surface area contributed by atoms with Crippen molar-refractivity contribution in [3.63, 3.8) is 0 Å². The van der Waals surface area contributed by atoms with Crippen molar-refractivity contribution in [3.8, 4) is 11.5 Å². The number of rotatable bonds is 6. The molecule has 0 fully saturated rings. The minimum absolute atomic E-state index is 0.212. The van der Waals surface area contributed by atoms with Crippen molar-refractivity contribution in [1.82, 2.24) is 9.78 Å². The average Bonchev–Trinajstić information content (AvgIpc) is 3.08. The van der Waals surface area contributed by atoms with Crippen LogP contribution < -0.4 is 14.8 Å². The monoisotopic (exact) mass is 401 g/mol. The fourth-order valence-electron chi connectivity index (χ4n) is 2.12. The number of carbonyl (C=O) groups excluding carboxylic acids is 1. The third-order valence-corrected chi connectivity index (χ3v) is 3.95. The maximum absolute atomic E-state index is 12.2. The number of anilines is 1. The number of hydrogen-bond donors (Lipinski definition) is 1. The van der Waals surface area contributed by atoms with Crippen LogP contribution >= 0.6 is 15.9 Å². The molecule has 0 aliphatic carbocycles. The summed E-state index contributed by atoms with van der Waals surface area (Å²) in [5.74, 6) is 1.23. The summed E-state index contributed by atoms with van der Waals surface area (Å²) in [5, 5.41) is 6.97. The molecule has 3 aromatic rings. The number of halogens is 1. The van der Waals surface area contributed by atoms with Crippen molar-refractivity contribution >= 4 is 27.5 Å². The first kappa shape index (κ1) is 17.0. The minimum atomic E-state index is -0.212. The number of benzene rings is 2. The molecule has 0 spiro atoms. The Labute approximate surface area is 153 Å². The third kappa shape index (κ3) is 4.60. The lowest BCUT2D eigenvalue weighted by molar-refractivity contribution is 0.102. The first-order chi connectivity index (χ1) is 12.1. The summed E-state index contributed by atoms with van der Waals surface area (Å²) in [7, 11) is 1.58. The molecular weight excluding hydrogens is 386 g/mol. The van der Waals surface area contributed by atoms with E-state index in [1.807, 2.05) is 24.3 Å². The highest BCUT2D eigenvalue weighted by molar-refractivity contribution is 9.10. The number of amides is 1. The Morgan fingerprint density at radius 2 is 1.80 bits per heavy atom. The highest BCUT2D eigenvalue weighted by Crippen LogP contribution is 2.17. The summed E-state index contributed by atoms with van der Waals surface area (Å²) in [4.78, 5) is 12.2. The van der Waals surface area contributed by atoms with E-state index in [9.17, 15) is 4.79 Å². The highest BCUT2D eigenvalue weighted by Gasteiger charge is 2.08. The second-order valence-electron chi connectivity index (χ2n) is 5.18. The maximum atomic E-state index is 12.2. The Kier molecular flexibility index (Phi) is 5.35. The first-order valence-electron chi connectivity index (χ1n) is 7.50. The van der Waals surface area contributed by atoms with Gasteiger partial charge in [0.05, 0.1) is 25.2 Å². The summed E-state index contributed by atoms with van der Waals surface area (Å²) in [6, 6.07) is 14.4. The number of nitrogens with one attached hydrogen (secondary N) is 1. The minimum Gasteiger partial charge on any atom is -0.497 e. The standard InChI is InChI=1S/C18H16BrN3O3/c1-24-16-6-2-13(3-7-16)18(23)21-15-10-20-22(11-15)12-25-17-8-4-14(19)5-9-17/h2-11H,12H2,1H3,(H,21,23). The van der Waals surface area contributed by atoms with Crippen LogP contribution in [0.25, 0.3) is 0 Å². The largest absolute Gasteiger partial charge is 0.497 e. The molecule has 1 N–H and O–H groups in total. The molecular formula is C18H16BrN3O3. The van der Waals surface area contributed by atoms with Crippen molar-refractivity contribution in [2.45, 2.75) is 6.73 Å². The molecule has 1 heterocycles. The molecule has 128 valence electrons. The van der Waals surface area contributed by atoms with Gasteiger partial charge in [-0.3, -0.25) is 4.79 Å². The number of hydrogen-bond acceptors (Lipinski definition) is 4.